The van der Waals surface area contributed by atoms with E-state index < -0.39 is 6.04 Å². The van der Waals surface area contributed by atoms with Crippen molar-refractivity contribution < 1.29 is 14.3 Å². The standard InChI is InChI=1S/C29H31N3O3S/c1-4-23-26(28(34)35-3)27(20-12-7-9-18(2)15-20)32-21(17-36-29(32)31-23)16-25(33)30-24-14-8-11-19-10-5-6-13-22(19)24/h5-7,9-10,12-13,15,17,24,27H,4,8,11,14,16H2,1-3H3,(H,30,33)/t24-,27-/m0/s1. The van der Waals surface area contributed by atoms with E-state index in [0.29, 0.717) is 12.0 Å². The fourth-order valence-electron chi connectivity index (χ4n) is 5.38. The number of aryl methyl sites for hydroxylation is 2. The van der Waals surface area contributed by atoms with E-state index in [0.717, 1.165) is 47.0 Å². The summed E-state index contributed by atoms with van der Waals surface area (Å²) in [7, 11) is 1.40. The lowest BCUT2D eigenvalue weighted by atomic mass is 9.87. The number of allylic oxidation sites excluding steroid dienone is 1. The Morgan fingerprint density at radius 1 is 1.19 bits per heavy atom. The fourth-order valence-corrected chi connectivity index (χ4v) is 6.32. The van der Waals surface area contributed by atoms with E-state index in [2.05, 4.69) is 29.6 Å². The maximum Gasteiger partial charge on any atom is 0.338 e. The molecule has 0 fully saturated rings. The molecule has 3 aliphatic rings. The van der Waals surface area contributed by atoms with E-state index in [9.17, 15) is 9.59 Å². The SMILES string of the molecule is CCC1=C(C(=O)OC)[C@H](c2cccc(C)c2)N2C(CC(=O)N[C@H]3CCCc4ccccc43)=CSC2=N1. The predicted octanol–water partition coefficient (Wildman–Crippen LogP) is 5.72. The van der Waals surface area contributed by atoms with Gasteiger partial charge in [0.15, 0.2) is 5.17 Å². The zero-order valence-corrected chi connectivity index (χ0v) is 21.7. The number of rotatable bonds is 6. The number of esters is 1. The van der Waals surface area contributed by atoms with E-state index >= 15 is 0 Å². The zero-order valence-electron chi connectivity index (χ0n) is 20.9. The Morgan fingerprint density at radius 2 is 2.03 bits per heavy atom. The quantitative estimate of drug-likeness (QED) is 0.513. The van der Waals surface area contributed by atoms with Gasteiger partial charge >= 0.3 is 5.97 Å². The van der Waals surface area contributed by atoms with Gasteiger partial charge in [-0.2, -0.15) is 0 Å². The van der Waals surface area contributed by atoms with Crippen molar-refractivity contribution in [2.75, 3.05) is 7.11 Å². The predicted molar refractivity (Wildman–Crippen MR) is 143 cm³/mol. The van der Waals surface area contributed by atoms with Crippen molar-refractivity contribution >= 4 is 28.8 Å². The van der Waals surface area contributed by atoms with E-state index in [4.69, 9.17) is 9.73 Å². The molecule has 0 radical (unpaired) electrons. The molecule has 2 atom stereocenters. The summed E-state index contributed by atoms with van der Waals surface area (Å²) in [5, 5.41) is 6.05. The van der Waals surface area contributed by atoms with Gasteiger partial charge in [-0.1, -0.05) is 72.8 Å². The van der Waals surface area contributed by atoms with Crippen LogP contribution in [0, 0.1) is 6.92 Å². The summed E-state index contributed by atoms with van der Waals surface area (Å²) in [6, 6.07) is 16.1. The molecule has 1 aliphatic carbocycles. The molecule has 0 bridgehead atoms. The van der Waals surface area contributed by atoms with Crippen LogP contribution in [-0.2, 0) is 20.7 Å². The van der Waals surface area contributed by atoms with Gasteiger partial charge in [0.05, 0.1) is 36.9 Å². The number of thioether (sulfide) groups is 1. The van der Waals surface area contributed by atoms with Gasteiger partial charge < -0.3 is 15.0 Å². The Bertz CT molecular complexity index is 1300. The molecule has 5 rings (SSSR count). The molecule has 6 nitrogen and oxygen atoms in total. The fraction of sp³-hybridized carbons (Fsp3) is 0.345. The van der Waals surface area contributed by atoms with Crippen LogP contribution in [0.1, 0.15) is 66.9 Å². The van der Waals surface area contributed by atoms with Crippen LogP contribution < -0.4 is 5.32 Å². The molecule has 0 aromatic heterocycles. The highest BCUT2D eigenvalue weighted by atomic mass is 32.2. The minimum Gasteiger partial charge on any atom is -0.466 e. The highest BCUT2D eigenvalue weighted by molar-refractivity contribution is 8.16. The summed E-state index contributed by atoms with van der Waals surface area (Å²) in [4.78, 5) is 33.2. The molecule has 0 saturated heterocycles. The summed E-state index contributed by atoms with van der Waals surface area (Å²) < 4.78 is 5.20. The van der Waals surface area contributed by atoms with Crippen LogP contribution in [0.15, 0.2) is 75.9 Å². The molecular formula is C29H31N3O3S. The van der Waals surface area contributed by atoms with Gasteiger partial charge in [-0.3, -0.25) is 4.79 Å². The number of benzene rings is 2. The van der Waals surface area contributed by atoms with E-state index in [-0.39, 0.29) is 24.3 Å². The van der Waals surface area contributed by atoms with Crippen molar-refractivity contribution in [2.24, 2.45) is 4.99 Å². The second-order valence-electron chi connectivity index (χ2n) is 9.40. The minimum atomic E-state index is -0.399. The number of carbonyl (C=O) groups excluding carboxylic acids is 2. The second kappa shape index (κ2) is 10.3. The number of nitrogens with zero attached hydrogens (tertiary/aromatic N) is 2. The van der Waals surface area contributed by atoms with Crippen LogP contribution in [0.25, 0.3) is 0 Å². The van der Waals surface area contributed by atoms with Crippen LogP contribution in [-0.4, -0.2) is 29.1 Å². The average molecular weight is 502 g/mol. The Balaban J connectivity index is 1.44. The number of nitrogens with one attached hydrogen (secondary N) is 1. The Hall–Kier alpha value is -3.32. The maximum atomic E-state index is 13.3. The van der Waals surface area contributed by atoms with Crippen LogP contribution in [0.4, 0.5) is 0 Å². The number of fused-ring (bicyclic) bond motifs is 2. The highest BCUT2D eigenvalue weighted by Crippen LogP contribution is 2.45. The first kappa shape index (κ1) is 24.4. The number of hydrogen-bond acceptors (Lipinski definition) is 6. The molecule has 1 amide bonds. The first-order valence-electron chi connectivity index (χ1n) is 12.5. The van der Waals surface area contributed by atoms with Gasteiger partial charge in [-0.25, -0.2) is 9.79 Å². The van der Waals surface area contributed by atoms with Gasteiger partial charge in [0.2, 0.25) is 5.91 Å². The number of amidine groups is 1. The summed E-state index contributed by atoms with van der Waals surface area (Å²) in [6.07, 6.45) is 3.88. The average Bonchev–Trinajstić information content (AvgIpc) is 3.29. The molecule has 1 N–H and O–H groups in total. The smallest absolute Gasteiger partial charge is 0.338 e. The first-order chi connectivity index (χ1) is 17.5. The van der Waals surface area contributed by atoms with Gasteiger partial charge in [0.25, 0.3) is 0 Å². The third kappa shape index (κ3) is 4.60. The number of carbonyl (C=O) groups is 2. The molecular weight excluding hydrogens is 470 g/mol. The van der Waals surface area contributed by atoms with E-state index in [1.54, 1.807) is 0 Å². The number of ether oxygens (including phenoxy) is 1. The van der Waals surface area contributed by atoms with Gasteiger partial charge in [0, 0.05) is 5.70 Å². The molecule has 2 aromatic carbocycles. The molecule has 0 unspecified atom stereocenters. The van der Waals surface area contributed by atoms with Gasteiger partial charge in [-0.05, 0) is 54.7 Å². The monoisotopic (exact) mass is 501 g/mol. The van der Waals surface area contributed by atoms with Crippen LogP contribution >= 0.6 is 11.8 Å². The normalized spacial score (nSPS) is 20.8. The summed E-state index contributed by atoms with van der Waals surface area (Å²) in [5.41, 5.74) is 6.70. The Kier molecular flexibility index (Phi) is 7.01. The van der Waals surface area contributed by atoms with Crippen molar-refractivity contribution in [1.29, 1.82) is 0 Å². The van der Waals surface area contributed by atoms with Crippen molar-refractivity contribution in [1.82, 2.24) is 10.2 Å². The molecule has 0 spiro atoms. The summed E-state index contributed by atoms with van der Waals surface area (Å²) >= 11 is 1.50. The number of hydrogen-bond donors (Lipinski definition) is 1. The molecule has 186 valence electrons. The molecule has 0 saturated carbocycles. The summed E-state index contributed by atoms with van der Waals surface area (Å²) in [5.74, 6) is -0.418. The van der Waals surface area contributed by atoms with Crippen molar-refractivity contribution in [3.63, 3.8) is 0 Å². The third-order valence-electron chi connectivity index (χ3n) is 7.03. The third-order valence-corrected chi connectivity index (χ3v) is 7.92. The lowest BCUT2D eigenvalue weighted by Gasteiger charge is -2.37. The zero-order chi connectivity index (χ0) is 25.2. The van der Waals surface area contributed by atoms with E-state index in [1.807, 2.05) is 48.4 Å². The lowest BCUT2D eigenvalue weighted by Crippen LogP contribution is -2.38. The Morgan fingerprint density at radius 3 is 2.81 bits per heavy atom. The molecule has 2 aliphatic heterocycles. The van der Waals surface area contributed by atoms with Crippen molar-refractivity contribution in [2.45, 2.75) is 58.0 Å². The van der Waals surface area contributed by atoms with E-state index in [1.165, 1.54) is 30.0 Å². The van der Waals surface area contributed by atoms with Crippen LogP contribution in [0.5, 0.6) is 0 Å². The van der Waals surface area contributed by atoms with Gasteiger partial charge in [0.1, 0.15) is 0 Å². The van der Waals surface area contributed by atoms with Crippen LogP contribution in [0.2, 0.25) is 0 Å². The largest absolute Gasteiger partial charge is 0.466 e. The number of methoxy groups -OCH3 is 1. The first-order valence-corrected chi connectivity index (χ1v) is 13.4. The topological polar surface area (TPSA) is 71.0 Å². The molecule has 2 heterocycles. The van der Waals surface area contributed by atoms with Crippen LogP contribution in [0.3, 0.4) is 0 Å². The van der Waals surface area contributed by atoms with Crippen molar-refractivity contribution in [3.05, 3.63) is 93.2 Å². The van der Waals surface area contributed by atoms with Gasteiger partial charge in [-0.15, -0.1) is 0 Å². The number of amides is 1. The van der Waals surface area contributed by atoms with Crippen molar-refractivity contribution in [3.8, 4) is 0 Å². The molecule has 7 heteroatoms. The lowest BCUT2D eigenvalue weighted by molar-refractivity contribution is -0.136. The molecule has 2 aromatic rings. The Labute approximate surface area is 216 Å². The highest BCUT2D eigenvalue weighted by Gasteiger charge is 2.41. The number of aliphatic imine (C=N–C) groups is 1. The second-order valence-corrected chi connectivity index (χ2v) is 10.2. The summed E-state index contributed by atoms with van der Waals surface area (Å²) in [6.45, 7) is 4.03. The minimum absolute atomic E-state index is 0.0244. The maximum absolute atomic E-state index is 13.3. The molecule has 36 heavy (non-hydrogen) atoms.